The molecule has 0 saturated carbocycles. The Kier molecular flexibility index (Phi) is 6.39. The molecule has 2 aromatic carbocycles. The van der Waals surface area contributed by atoms with Crippen LogP contribution in [0.2, 0.25) is 5.02 Å². The van der Waals surface area contributed by atoms with Gasteiger partial charge in [0.2, 0.25) is 0 Å². The molecule has 2 heterocycles. The average Bonchev–Trinajstić information content (AvgIpc) is 3.27. The van der Waals surface area contributed by atoms with Crippen LogP contribution in [0.4, 0.5) is 5.69 Å². The fourth-order valence-electron chi connectivity index (χ4n) is 3.16. The lowest BCUT2D eigenvalue weighted by Gasteiger charge is -2.21. The summed E-state index contributed by atoms with van der Waals surface area (Å²) >= 11 is 6.00. The molecule has 4 rings (SSSR count). The zero-order chi connectivity index (χ0) is 22.6. The summed E-state index contributed by atoms with van der Waals surface area (Å²) in [5.41, 5.74) is 1.30. The predicted molar refractivity (Wildman–Crippen MR) is 122 cm³/mol. The second-order valence-electron chi connectivity index (χ2n) is 7.03. The molecular formula is C24H19ClN2O4S. The molecule has 4 aromatic rings. The fourth-order valence-corrected chi connectivity index (χ4v) is 4.55. The number of amides is 1. The van der Waals surface area contributed by atoms with Gasteiger partial charge in [-0.05, 0) is 60.7 Å². The number of benzene rings is 2. The van der Waals surface area contributed by atoms with E-state index >= 15 is 0 Å². The molecule has 0 N–H and O–H groups in total. The highest BCUT2D eigenvalue weighted by molar-refractivity contribution is 7.90. The average molecular weight is 467 g/mol. The van der Waals surface area contributed by atoms with Gasteiger partial charge in [0.1, 0.15) is 11.5 Å². The Balaban J connectivity index is 1.60. The highest BCUT2D eigenvalue weighted by Crippen LogP contribution is 2.24. The number of sulfone groups is 1. The van der Waals surface area contributed by atoms with Crippen molar-refractivity contribution in [2.45, 2.75) is 17.2 Å². The Hall–Kier alpha value is -3.42. The summed E-state index contributed by atoms with van der Waals surface area (Å²) in [6.45, 7) is 0.208. The van der Waals surface area contributed by atoms with Crippen LogP contribution in [-0.2, 0) is 22.1 Å². The topological polar surface area (TPSA) is 80.5 Å². The third kappa shape index (κ3) is 5.07. The predicted octanol–water partition coefficient (Wildman–Crippen LogP) is 5.15. The van der Waals surface area contributed by atoms with E-state index in [1.807, 2.05) is 12.1 Å². The normalized spacial score (nSPS) is 11.3. The molecule has 0 saturated heterocycles. The van der Waals surface area contributed by atoms with Crippen LogP contribution >= 0.6 is 11.6 Å². The van der Waals surface area contributed by atoms with E-state index in [9.17, 15) is 13.2 Å². The van der Waals surface area contributed by atoms with Crippen molar-refractivity contribution in [2.75, 3.05) is 4.90 Å². The Bertz CT molecular complexity index is 1310. The van der Waals surface area contributed by atoms with Crippen LogP contribution < -0.4 is 4.90 Å². The minimum atomic E-state index is -3.59. The number of nitrogens with zero attached hydrogens (tertiary/aromatic N) is 2. The molecule has 6 nitrogen and oxygen atoms in total. The molecule has 0 radical (unpaired) electrons. The third-order valence-electron chi connectivity index (χ3n) is 4.74. The van der Waals surface area contributed by atoms with E-state index in [-0.39, 0.29) is 28.7 Å². The minimum Gasteiger partial charge on any atom is -0.455 e. The maximum Gasteiger partial charge on any atom is 0.294 e. The molecule has 0 spiro atoms. The molecule has 2 aromatic heterocycles. The molecule has 0 aliphatic carbocycles. The molecule has 32 heavy (non-hydrogen) atoms. The van der Waals surface area contributed by atoms with Crippen LogP contribution in [0.1, 0.15) is 22.0 Å². The highest BCUT2D eigenvalue weighted by Gasteiger charge is 2.24. The number of hydrogen-bond acceptors (Lipinski definition) is 5. The molecule has 8 heteroatoms. The summed E-state index contributed by atoms with van der Waals surface area (Å²) < 4.78 is 30.9. The monoisotopic (exact) mass is 466 g/mol. The van der Waals surface area contributed by atoms with Crippen molar-refractivity contribution >= 4 is 33.0 Å². The Labute approximate surface area is 191 Å². The van der Waals surface area contributed by atoms with E-state index in [0.29, 0.717) is 16.4 Å². The van der Waals surface area contributed by atoms with E-state index in [1.54, 1.807) is 54.7 Å². The number of carbonyl (C=O) groups excluding carboxylic acids is 1. The maximum absolute atomic E-state index is 13.3. The van der Waals surface area contributed by atoms with E-state index in [0.717, 1.165) is 0 Å². The highest BCUT2D eigenvalue weighted by atomic mass is 35.5. The summed E-state index contributed by atoms with van der Waals surface area (Å²) in [5, 5.41) is 0.547. The summed E-state index contributed by atoms with van der Waals surface area (Å²) in [5.74, 6) is -0.535. The van der Waals surface area contributed by atoms with Gasteiger partial charge in [0.25, 0.3) is 5.91 Å². The summed E-state index contributed by atoms with van der Waals surface area (Å²) in [7, 11) is -3.59. The zero-order valence-electron chi connectivity index (χ0n) is 16.9. The van der Waals surface area contributed by atoms with Gasteiger partial charge in [-0.15, -0.1) is 0 Å². The molecule has 162 valence electrons. The van der Waals surface area contributed by atoms with Crippen molar-refractivity contribution < 1.29 is 17.6 Å². The number of hydrogen-bond donors (Lipinski definition) is 0. The second kappa shape index (κ2) is 9.38. The first-order valence-corrected chi connectivity index (χ1v) is 11.8. The Morgan fingerprint density at radius 2 is 1.62 bits per heavy atom. The minimum absolute atomic E-state index is 0.0362. The maximum atomic E-state index is 13.3. The fraction of sp³-hybridized carbons (Fsp3) is 0.0833. The first-order valence-electron chi connectivity index (χ1n) is 9.76. The summed E-state index contributed by atoms with van der Waals surface area (Å²) in [6.07, 6.45) is 1.65. The van der Waals surface area contributed by atoms with E-state index in [2.05, 4.69) is 4.98 Å². The largest absolute Gasteiger partial charge is 0.455 e. The van der Waals surface area contributed by atoms with Crippen LogP contribution in [0.5, 0.6) is 0 Å². The van der Waals surface area contributed by atoms with Gasteiger partial charge in [0.05, 0.1) is 17.1 Å². The number of pyridine rings is 1. The molecule has 0 aliphatic heterocycles. The smallest absolute Gasteiger partial charge is 0.294 e. The molecule has 0 aliphatic rings. The lowest BCUT2D eigenvalue weighted by molar-refractivity contribution is 0.0956. The van der Waals surface area contributed by atoms with E-state index in [1.165, 1.54) is 29.2 Å². The van der Waals surface area contributed by atoms with Crippen molar-refractivity contribution in [3.05, 3.63) is 113 Å². The quantitative estimate of drug-likeness (QED) is 0.376. The third-order valence-corrected chi connectivity index (χ3v) is 6.64. The molecular weight excluding hydrogens is 448 g/mol. The van der Waals surface area contributed by atoms with Gasteiger partial charge in [-0.2, -0.15) is 0 Å². The number of anilines is 1. The number of carbonyl (C=O) groups is 1. The first-order chi connectivity index (χ1) is 15.4. The number of aromatic nitrogens is 1. The SMILES string of the molecule is O=C(c1ccc(CS(=O)(=O)c2ccccc2)o1)N(Cc1ccccn1)c1ccc(Cl)cc1. The van der Waals surface area contributed by atoms with Crippen LogP contribution in [0, 0.1) is 0 Å². The lowest BCUT2D eigenvalue weighted by Crippen LogP contribution is -2.30. The van der Waals surface area contributed by atoms with Gasteiger partial charge in [-0.3, -0.25) is 14.7 Å². The van der Waals surface area contributed by atoms with Gasteiger partial charge < -0.3 is 4.42 Å². The van der Waals surface area contributed by atoms with Crippen molar-refractivity contribution in [1.29, 1.82) is 0 Å². The van der Waals surface area contributed by atoms with Gasteiger partial charge in [0, 0.05) is 16.9 Å². The summed E-state index contributed by atoms with van der Waals surface area (Å²) in [6, 6.07) is 23.4. The van der Waals surface area contributed by atoms with Gasteiger partial charge in [0.15, 0.2) is 15.6 Å². The lowest BCUT2D eigenvalue weighted by atomic mass is 10.2. The van der Waals surface area contributed by atoms with Crippen LogP contribution in [0.15, 0.2) is 100 Å². The molecule has 0 fully saturated rings. The van der Waals surface area contributed by atoms with Crippen molar-refractivity contribution in [2.24, 2.45) is 0 Å². The number of rotatable bonds is 7. The van der Waals surface area contributed by atoms with Gasteiger partial charge in [-0.1, -0.05) is 35.9 Å². The van der Waals surface area contributed by atoms with Crippen LogP contribution in [0.3, 0.4) is 0 Å². The zero-order valence-corrected chi connectivity index (χ0v) is 18.5. The molecule has 0 unspecified atom stereocenters. The van der Waals surface area contributed by atoms with Crippen molar-refractivity contribution in [3.8, 4) is 0 Å². The van der Waals surface area contributed by atoms with E-state index < -0.39 is 15.7 Å². The number of halogens is 1. The van der Waals surface area contributed by atoms with Crippen LogP contribution in [0.25, 0.3) is 0 Å². The first kappa shape index (κ1) is 21.8. The Morgan fingerprint density at radius 3 is 2.31 bits per heavy atom. The standard InChI is InChI=1S/C24H19ClN2O4S/c25-18-9-11-20(12-10-18)27(16-19-6-4-5-15-26-19)24(28)23-14-13-21(31-23)17-32(29,30)22-7-2-1-3-8-22/h1-15H,16-17H2. The van der Waals surface area contributed by atoms with Gasteiger partial charge in [-0.25, -0.2) is 8.42 Å². The second-order valence-corrected chi connectivity index (χ2v) is 9.45. The van der Waals surface area contributed by atoms with Crippen molar-refractivity contribution in [1.82, 2.24) is 4.98 Å². The van der Waals surface area contributed by atoms with E-state index in [4.69, 9.17) is 16.0 Å². The summed E-state index contributed by atoms with van der Waals surface area (Å²) in [4.78, 5) is 19.3. The molecule has 1 amide bonds. The van der Waals surface area contributed by atoms with Crippen molar-refractivity contribution in [3.63, 3.8) is 0 Å². The number of furan rings is 1. The van der Waals surface area contributed by atoms with Gasteiger partial charge >= 0.3 is 0 Å². The Morgan fingerprint density at radius 1 is 0.906 bits per heavy atom. The van der Waals surface area contributed by atoms with Crippen LogP contribution in [-0.4, -0.2) is 19.3 Å². The molecule has 0 atom stereocenters. The molecule has 0 bridgehead atoms.